The van der Waals surface area contributed by atoms with E-state index in [1.807, 2.05) is 6.92 Å². The van der Waals surface area contributed by atoms with E-state index in [9.17, 15) is 9.59 Å². The van der Waals surface area contributed by atoms with E-state index in [0.29, 0.717) is 39.4 Å². The van der Waals surface area contributed by atoms with Crippen LogP contribution in [0.2, 0.25) is 10.0 Å². The average molecular weight is 377 g/mol. The van der Waals surface area contributed by atoms with Crippen molar-refractivity contribution in [2.45, 2.75) is 25.0 Å². The molecule has 1 aromatic carbocycles. The van der Waals surface area contributed by atoms with E-state index in [1.165, 1.54) is 11.8 Å². The molecule has 2 amide bonds. The molecule has 1 aliphatic heterocycles. The highest BCUT2D eigenvalue weighted by molar-refractivity contribution is 8.24. The van der Waals surface area contributed by atoms with Gasteiger partial charge in [0.1, 0.15) is 4.32 Å². The number of hydrogen-bond acceptors (Lipinski definition) is 4. The molecule has 0 aliphatic carbocycles. The zero-order valence-electron chi connectivity index (χ0n) is 11.8. The molecule has 1 fully saturated rings. The van der Waals surface area contributed by atoms with Gasteiger partial charge in [0.25, 0.3) is 0 Å². The Balaban J connectivity index is 1.79. The Bertz CT molecular complexity index is 625. The maximum Gasteiger partial charge on any atom is 0.241 e. The predicted octanol–water partition coefficient (Wildman–Crippen LogP) is 3.96. The molecule has 8 heteroatoms. The molecule has 118 valence electrons. The quantitative estimate of drug-likeness (QED) is 0.790. The summed E-state index contributed by atoms with van der Waals surface area (Å²) < 4.78 is 0.586. The van der Waals surface area contributed by atoms with E-state index in [1.54, 1.807) is 23.1 Å². The Kier molecular flexibility index (Phi) is 6.09. The molecule has 1 unspecified atom stereocenters. The van der Waals surface area contributed by atoms with Gasteiger partial charge in [-0.1, -0.05) is 47.2 Å². The van der Waals surface area contributed by atoms with Gasteiger partial charge in [0.15, 0.2) is 0 Å². The van der Waals surface area contributed by atoms with E-state index in [-0.39, 0.29) is 17.1 Å². The van der Waals surface area contributed by atoms with Crippen molar-refractivity contribution in [3.8, 4) is 0 Å². The van der Waals surface area contributed by atoms with Crippen LogP contribution in [0.3, 0.4) is 0 Å². The summed E-state index contributed by atoms with van der Waals surface area (Å²) in [5.74, 6) is -0.128. The molecular weight excluding hydrogens is 363 g/mol. The van der Waals surface area contributed by atoms with Crippen molar-refractivity contribution in [2.75, 3.05) is 11.9 Å². The third-order valence-electron chi connectivity index (χ3n) is 3.10. The number of carbonyl (C=O) groups excluding carboxylic acids is 2. The van der Waals surface area contributed by atoms with Gasteiger partial charge in [-0.05, 0) is 31.5 Å². The minimum atomic E-state index is -0.142. The van der Waals surface area contributed by atoms with Crippen molar-refractivity contribution in [1.82, 2.24) is 4.90 Å². The lowest BCUT2D eigenvalue weighted by molar-refractivity contribution is -0.126. The van der Waals surface area contributed by atoms with Crippen LogP contribution in [0.4, 0.5) is 5.69 Å². The first-order valence-corrected chi connectivity index (χ1v) is 8.70. The molecule has 1 aliphatic rings. The molecule has 4 nitrogen and oxygen atoms in total. The Hall–Kier alpha value is -0.820. The summed E-state index contributed by atoms with van der Waals surface area (Å²) in [7, 11) is 0. The van der Waals surface area contributed by atoms with Crippen LogP contribution in [0.1, 0.15) is 19.8 Å². The first kappa shape index (κ1) is 17.5. The summed E-state index contributed by atoms with van der Waals surface area (Å²) in [6, 6.07) is 4.90. The van der Waals surface area contributed by atoms with Gasteiger partial charge < -0.3 is 5.32 Å². The van der Waals surface area contributed by atoms with E-state index >= 15 is 0 Å². The smallest absolute Gasteiger partial charge is 0.241 e. The highest BCUT2D eigenvalue weighted by Crippen LogP contribution is 2.27. The summed E-state index contributed by atoms with van der Waals surface area (Å²) in [5, 5.41) is 3.44. The number of rotatable bonds is 5. The van der Waals surface area contributed by atoms with Crippen LogP contribution in [-0.2, 0) is 9.59 Å². The first-order valence-electron chi connectivity index (χ1n) is 6.65. The Morgan fingerprint density at radius 2 is 2.14 bits per heavy atom. The Morgan fingerprint density at radius 1 is 1.41 bits per heavy atom. The number of anilines is 1. The normalized spacial score (nSPS) is 18.0. The second-order valence-electron chi connectivity index (χ2n) is 4.80. The fraction of sp³-hybridized carbons (Fsp3) is 0.357. The number of benzene rings is 1. The molecule has 1 atom stereocenters. The van der Waals surface area contributed by atoms with Crippen LogP contribution in [0.15, 0.2) is 18.2 Å². The zero-order valence-corrected chi connectivity index (χ0v) is 14.9. The van der Waals surface area contributed by atoms with Gasteiger partial charge in [-0.2, -0.15) is 0 Å². The maximum atomic E-state index is 11.9. The number of amides is 2. The zero-order chi connectivity index (χ0) is 16.3. The van der Waals surface area contributed by atoms with Gasteiger partial charge in [-0.25, -0.2) is 0 Å². The van der Waals surface area contributed by atoms with E-state index < -0.39 is 0 Å². The van der Waals surface area contributed by atoms with Crippen molar-refractivity contribution in [2.24, 2.45) is 0 Å². The molecule has 1 N–H and O–H groups in total. The van der Waals surface area contributed by atoms with Gasteiger partial charge in [-0.15, -0.1) is 0 Å². The highest BCUT2D eigenvalue weighted by atomic mass is 35.5. The van der Waals surface area contributed by atoms with Gasteiger partial charge in [0, 0.05) is 18.7 Å². The minimum absolute atomic E-state index is 0.0138. The molecule has 0 saturated carbocycles. The van der Waals surface area contributed by atoms with E-state index in [0.717, 1.165) is 0 Å². The largest absolute Gasteiger partial charge is 0.326 e. The SMILES string of the molecule is CC1SC(=S)N(CCCC(=O)Nc2ccc(Cl)c(Cl)c2)C1=O. The topological polar surface area (TPSA) is 49.4 Å². The first-order chi connectivity index (χ1) is 10.4. The van der Waals surface area contributed by atoms with Crippen molar-refractivity contribution in [3.63, 3.8) is 0 Å². The lowest BCUT2D eigenvalue weighted by Crippen LogP contribution is -2.32. The summed E-state index contributed by atoms with van der Waals surface area (Å²) in [4.78, 5) is 25.3. The molecule has 1 saturated heterocycles. The summed E-state index contributed by atoms with van der Waals surface area (Å²) in [5.41, 5.74) is 0.594. The van der Waals surface area contributed by atoms with Gasteiger partial charge in [-0.3, -0.25) is 14.5 Å². The van der Waals surface area contributed by atoms with Crippen LogP contribution in [0.5, 0.6) is 0 Å². The van der Waals surface area contributed by atoms with Crippen molar-refractivity contribution < 1.29 is 9.59 Å². The Labute approximate surface area is 148 Å². The van der Waals surface area contributed by atoms with Crippen molar-refractivity contribution in [3.05, 3.63) is 28.2 Å². The van der Waals surface area contributed by atoms with Gasteiger partial charge in [0.2, 0.25) is 11.8 Å². The third-order valence-corrected chi connectivity index (χ3v) is 5.33. The van der Waals surface area contributed by atoms with Gasteiger partial charge >= 0.3 is 0 Å². The fourth-order valence-electron chi connectivity index (χ4n) is 1.97. The van der Waals surface area contributed by atoms with Crippen LogP contribution < -0.4 is 5.32 Å². The van der Waals surface area contributed by atoms with Crippen LogP contribution in [0.25, 0.3) is 0 Å². The molecule has 0 radical (unpaired) electrons. The summed E-state index contributed by atoms with van der Waals surface area (Å²) in [6.07, 6.45) is 0.845. The lowest BCUT2D eigenvalue weighted by atomic mass is 10.2. The molecule has 0 aromatic heterocycles. The molecule has 1 aromatic rings. The number of nitrogens with one attached hydrogen (secondary N) is 1. The molecule has 0 bridgehead atoms. The number of thioether (sulfide) groups is 1. The van der Waals surface area contributed by atoms with E-state index in [2.05, 4.69) is 5.32 Å². The highest BCUT2D eigenvalue weighted by Gasteiger charge is 2.33. The van der Waals surface area contributed by atoms with Crippen molar-refractivity contribution >= 4 is 69.0 Å². The summed E-state index contributed by atoms with van der Waals surface area (Å²) >= 11 is 18.2. The Morgan fingerprint density at radius 3 is 2.73 bits per heavy atom. The predicted molar refractivity (Wildman–Crippen MR) is 95.7 cm³/mol. The van der Waals surface area contributed by atoms with Crippen molar-refractivity contribution in [1.29, 1.82) is 0 Å². The maximum absolute atomic E-state index is 11.9. The number of carbonyl (C=O) groups is 2. The third kappa shape index (κ3) is 4.35. The number of halogens is 2. The monoisotopic (exact) mass is 376 g/mol. The molecule has 22 heavy (non-hydrogen) atoms. The number of thiocarbonyl (C=S) groups is 1. The summed E-state index contributed by atoms with van der Waals surface area (Å²) in [6.45, 7) is 2.29. The minimum Gasteiger partial charge on any atom is -0.326 e. The fourth-order valence-corrected chi connectivity index (χ4v) is 3.72. The second-order valence-corrected chi connectivity index (χ2v) is 7.59. The molecular formula is C14H14Cl2N2O2S2. The molecule has 1 heterocycles. The van der Waals surface area contributed by atoms with E-state index in [4.69, 9.17) is 35.4 Å². The molecule has 0 spiro atoms. The van der Waals surface area contributed by atoms with Crippen LogP contribution in [0, 0.1) is 0 Å². The lowest BCUT2D eigenvalue weighted by Gasteiger charge is -2.14. The second kappa shape index (κ2) is 7.64. The van der Waals surface area contributed by atoms with Gasteiger partial charge in [0.05, 0.1) is 15.3 Å². The number of nitrogens with zero attached hydrogens (tertiary/aromatic N) is 1. The standard InChI is InChI=1S/C14H14Cl2N2O2S2/c1-8-13(20)18(14(21)22-8)6-2-3-12(19)17-9-4-5-10(15)11(16)7-9/h4-5,7-8H,2-3,6H2,1H3,(H,17,19). The number of hydrogen-bond donors (Lipinski definition) is 1. The van der Waals surface area contributed by atoms with Crippen LogP contribution in [-0.4, -0.2) is 32.8 Å². The van der Waals surface area contributed by atoms with Crippen LogP contribution >= 0.6 is 47.2 Å². The molecule has 2 rings (SSSR count). The average Bonchev–Trinajstić information content (AvgIpc) is 2.69.